The van der Waals surface area contributed by atoms with Crippen molar-refractivity contribution in [3.63, 3.8) is 0 Å². The van der Waals surface area contributed by atoms with Crippen molar-refractivity contribution in [2.24, 2.45) is 5.92 Å². The van der Waals surface area contributed by atoms with Crippen LogP contribution in [0.25, 0.3) is 0 Å². The number of rotatable bonds is 10. The van der Waals surface area contributed by atoms with Crippen LogP contribution < -0.4 is 5.32 Å². The molecule has 6 heteroatoms. The Labute approximate surface area is 113 Å². The van der Waals surface area contributed by atoms with Crippen molar-refractivity contribution in [3.05, 3.63) is 10.0 Å². The van der Waals surface area contributed by atoms with E-state index < -0.39 is 0 Å². The third kappa shape index (κ3) is 6.39. The third-order valence-electron chi connectivity index (χ3n) is 2.48. The first kappa shape index (κ1) is 15.5. The summed E-state index contributed by atoms with van der Waals surface area (Å²) in [6.07, 6.45) is 1.88. The molecule has 0 saturated carbocycles. The van der Waals surface area contributed by atoms with Crippen molar-refractivity contribution in [1.82, 2.24) is 15.5 Å². The van der Waals surface area contributed by atoms with E-state index in [1.807, 2.05) is 0 Å². The molecule has 0 bridgehead atoms. The molecule has 0 amide bonds. The maximum atomic E-state index is 5.12. The molecule has 1 heterocycles. The van der Waals surface area contributed by atoms with Crippen LogP contribution in [0, 0.1) is 5.92 Å². The van der Waals surface area contributed by atoms with Crippen LogP contribution in [0.4, 0.5) is 0 Å². The van der Waals surface area contributed by atoms with E-state index in [0.717, 1.165) is 49.2 Å². The van der Waals surface area contributed by atoms with Gasteiger partial charge in [0.15, 0.2) is 0 Å². The molecule has 0 aliphatic rings. The normalized spacial score (nSPS) is 12.8. The molecule has 18 heavy (non-hydrogen) atoms. The molecule has 0 aliphatic carbocycles. The number of hydrogen-bond donors (Lipinski definition) is 1. The van der Waals surface area contributed by atoms with Gasteiger partial charge in [0.2, 0.25) is 0 Å². The molecule has 1 aromatic heterocycles. The quantitative estimate of drug-likeness (QED) is 0.648. The van der Waals surface area contributed by atoms with Crippen molar-refractivity contribution >= 4 is 11.3 Å². The summed E-state index contributed by atoms with van der Waals surface area (Å²) in [5, 5.41) is 13.9. The maximum absolute atomic E-state index is 5.12. The lowest BCUT2D eigenvalue weighted by molar-refractivity contribution is 0.159. The molecule has 104 valence electrons. The molecule has 0 spiro atoms. The van der Waals surface area contributed by atoms with Gasteiger partial charge in [-0.1, -0.05) is 6.92 Å². The fraction of sp³-hybridized carbons (Fsp3) is 0.833. The van der Waals surface area contributed by atoms with Gasteiger partial charge < -0.3 is 14.8 Å². The first-order valence-corrected chi connectivity index (χ1v) is 7.07. The summed E-state index contributed by atoms with van der Waals surface area (Å²) in [6, 6.07) is 0. The minimum Gasteiger partial charge on any atom is -0.384 e. The molecule has 5 nitrogen and oxygen atoms in total. The monoisotopic (exact) mass is 273 g/mol. The topological polar surface area (TPSA) is 56.3 Å². The summed E-state index contributed by atoms with van der Waals surface area (Å²) < 4.78 is 10.1. The van der Waals surface area contributed by atoms with E-state index in [0.29, 0.717) is 5.92 Å². The van der Waals surface area contributed by atoms with Crippen molar-refractivity contribution < 1.29 is 9.47 Å². The second-order valence-corrected chi connectivity index (χ2v) is 5.49. The van der Waals surface area contributed by atoms with Gasteiger partial charge in [-0.2, -0.15) is 0 Å². The second-order valence-electron chi connectivity index (χ2n) is 4.35. The van der Waals surface area contributed by atoms with Crippen molar-refractivity contribution in [2.45, 2.75) is 19.8 Å². The molecule has 0 fully saturated rings. The largest absolute Gasteiger partial charge is 0.384 e. The Morgan fingerprint density at radius 1 is 1.17 bits per heavy atom. The van der Waals surface area contributed by atoms with Gasteiger partial charge in [0, 0.05) is 46.8 Å². The molecular weight excluding hydrogens is 250 g/mol. The Balaban J connectivity index is 2.21. The minimum absolute atomic E-state index is 0.496. The number of aromatic nitrogens is 2. The fourth-order valence-corrected chi connectivity index (χ4v) is 2.62. The van der Waals surface area contributed by atoms with E-state index >= 15 is 0 Å². The lowest BCUT2D eigenvalue weighted by atomic mass is 10.1. The summed E-state index contributed by atoms with van der Waals surface area (Å²) in [4.78, 5) is 0. The molecule has 0 radical (unpaired) electrons. The van der Waals surface area contributed by atoms with Gasteiger partial charge in [-0.05, 0) is 5.92 Å². The molecule has 1 atom stereocenters. The van der Waals surface area contributed by atoms with Crippen molar-refractivity contribution in [2.75, 3.05) is 40.5 Å². The highest BCUT2D eigenvalue weighted by Crippen LogP contribution is 2.14. The average Bonchev–Trinajstić information content (AvgIpc) is 2.77. The molecule has 0 aliphatic heterocycles. The Morgan fingerprint density at radius 3 is 2.67 bits per heavy atom. The van der Waals surface area contributed by atoms with E-state index in [2.05, 4.69) is 22.4 Å². The molecular formula is C12H23N3O2S. The van der Waals surface area contributed by atoms with Crippen LogP contribution in [0.1, 0.15) is 16.9 Å². The molecule has 1 rings (SSSR count). The zero-order valence-corrected chi connectivity index (χ0v) is 12.3. The highest BCUT2D eigenvalue weighted by Gasteiger charge is 2.08. The number of ether oxygens (including phenoxy) is 2. The highest BCUT2D eigenvalue weighted by atomic mass is 32.1. The van der Waals surface area contributed by atoms with E-state index in [-0.39, 0.29) is 0 Å². The summed E-state index contributed by atoms with van der Waals surface area (Å²) in [6.45, 7) is 5.49. The van der Waals surface area contributed by atoms with Gasteiger partial charge in [0.05, 0.1) is 6.61 Å². The van der Waals surface area contributed by atoms with Gasteiger partial charge in [-0.3, -0.25) is 0 Å². The number of hydrogen-bond acceptors (Lipinski definition) is 6. The second kappa shape index (κ2) is 9.38. The lowest BCUT2D eigenvalue weighted by Crippen LogP contribution is -2.21. The first-order chi connectivity index (χ1) is 8.76. The van der Waals surface area contributed by atoms with Crippen LogP contribution in [-0.2, 0) is 22.3 Å². The molecule has 1 aromatic rings. The summed E-state index contributed by atoms with van der Waals surface area (Å²) in [5.74, 6) is 0.496. The predicted octanol–water partition coefficient (Wildman–Crippen LogP) is 1.14. The lowest BCUT2D eigenvalue weighted by Gasteiger charge is -2.06. The Bertz CT molecular complexity index is 320. The van der Waals surface area contributed by atoms with Gasteiger partial charge in [0.1, 0.15) is 10.0 Å². The zero-order chi connectivity index (χ0) is 13.2. The number of nitrogens with zero attached hydrogens (tertiary/aromatic N) is 2. The fourth-order valence-electron chi connectivity index (χ4n) is 1.61. The summed E-state index contributed by atoms with van der Waals surface area (Å²) in [7, 11) is 3.44. The highest BCUT2D eigenvalue weighted by molar-refractivity contribution is 7.11. The van der Waals surface area contributed by atoms with E-state index in [4.69, 9.17) is 9.47 Å². The molecule has 0 saturated heterocycles. The third-order valence-corrected chi connectivity index (χ3v) is 3.49. The van der Waals surface area contributed by atoms with Crippen LogP contribution in [0.2, 0.25) is 0 Å². The van der Waals surface area contributed by atoms with Crippen LogP contribution in [-0.4, -0.2) is 50.7 Å². The number of methoxy groups -OCH3 is 2. The minimum atomic E-state index is 0.496. The van der Waals surface area contributed by atoms with Crippen LogP contribution in [0.3, 0.4) is 0 Å². The van der Waals surface area contributed by atoms with E-state index in [1.54, 1.807) is 25.6 Å². The average molecular weight is 273 g/mol. The van der Waals surface area contributed by atoms with Gasteiger partial charge in [0.25, 0.3) is 0 Å². The number of nitrogens with one attached hydrogen (secondary N) is 1. The van der Waals surface area contributed by atoms with Crippen molar-refractivity contribution in [3.8, 4) is 0 Å². The van der Waals surface area contributed by atoms with Crippen LogP contribution >= 0.6 is 11.3 Å². The van der Waals surface area contributed by atoms with Crippen LogP contribution in [0.5, 0.6) is 0 Å². The molecule has 1 N–H and O–H groups in total. The first-order valence-electron chi connectivity index (χ1n) is 6.26. The standard InChI is InChI=1S/C12H23N3O2S/c1-10(9-17-3)8-12-15-14-11(18-12)4-5-13-6-7-16-2/h10,13H,4-9H2,1-3H3. The molecule has 1 unspecified atom stereocenters. The van der Waals surface area contributed by atoms with Gasteiger partial charge in [-0.25, -0.2) is 0 Å². The van der Waals surface area contributed by atoms with Gasteiger partial charge in [-0.15, -0.1) is 21.5 Å². The van der Waals surface area contributed by atoms with E-state index in [1.165, 1.54) is 0 Å². The predicted molar refractivity (Wildman–Crippen MR) is 73.1 cm³/mol. The summed E-state index contributed by atoms with van der Waals surface area (Å²) >= 11 is 1.70. The molecule has 0 aromatic carbocycles. The Morgan fingerprint density at radius 2 is 1.94 bits per heavy atom. The summed E-state index contributed by atoms with van der Waals surface area (Å²) in [5.41, 5.74) is 0. The van der Waals surface area contributed by atoms with Gasteiger partial charge >= 0.3 is 0 Å². The van der Waals surface area contributed by atoms with E-state index in [9.17, 15) is 0 Å². The van der Waals surface area contributed by atoms with Crippen LogP contribution in [0.15, 0.2) is 0 Å². The zero-order valence-electron chi connectivity index (χ0n) is 11.4. The smallest absolute Gasteiger partial charge is 0.118 e. The Kier molecular flexibility index (Phi) is 8.08. The SMILES string of the molecule is COCCNCCc1nnc(CC(C)COC)s1. The van der Waals surface area contributed by atoms with Crippen molar-refractivity contribution in [1.29, 1.82) is 0 Å². The Hall–Kier alpha value is -0.560. The maximum Gasteiger partial charge on any atom is 0.118 e.